The normalized spacial score (nSPS) is 19.5. The number of carbonyl (C=O) groups is 2. The van der Waals surface area contributed by atoms with E-state index in [1.807, 2.05) is 0 Å². The molecule has 1 amide bonds. The first kappa shape index (κ1) is 25.1. The van der Waals surface area contributed by atoms with Crippen LogP contribution in [0, 0.1) is 0 Å². The average molecular weight is 471 g/mol. The van der Waals surface area contributed by atoms with E-state index in [4.69, 9.17) is 21.1 Å². The molecule has 2 unspecified atom stereocenters. The Bertz CT molecular complexity index is 929. The molecule has 1 heterocycles. The second kappa shape index (κ2) is 10.9. The number of hydrogen-bond acceptors (Lipinski definition) is 6. The van der Waals surface area contributed by atoms with Crippen LogP contribution >= 0.6 is 11.6 Å². The molecule has 2 atom stereocenters. The van der Waals surface area contributed by atoms with Gasteiger partial charge in [0.15, 0.2) is 6.61 Å². The predicted molar refractivity (Wildman–Crippen MR) is 117 cm³/mol. The molecular formula is C21H27ClN2O6S. The fraction of sp³-hybridized carbons (Fsp3) is 0.429. The van der Waals surface area contributed by atoms with Gasteiger partial charge in [0.05, 0.1) is 22.8 Å². The number of esters is 1. The van der Waals surface area contributed by atoms with Gasteiger partial charge in [-0.05, 0) is 32.0 Å². The topological polar surface area (TPSA) is 93.2 Å². The second-order valence-electron chi connectivity index (χ2n) is 7.18. The van der Waals surface area contributed by atoms with Crippen LogP contribution in [0.4, 0.5) is 0 Å². The highest BCUT2D eigenvalue weighted by Crippen LogP contribution is 2.28. The van der Waals surface area contributed by atoms with Crippen LogP contribution in [0.5, 0.6) is 0 Å². The van der Waals surface area contributed by atoms with E-state index in [-0.39, 0.29) is 53.9 Å². The van der Waals surface area contributed by atoms with Gasteiger partial charge in [-0.3, -0.25) is 4.79 Å². The molecule has 170 valence electrons. The lowest BCUT2D eigenvalue weighted by atomic mass is 10.2. The SMILES string of the molecule is C=CCN(CC=C)C(=O)COC(=O)c1ccc(Cl)c(S(=O)(=O)N2CC(C)OC(C)C2)c1. The molecule has 1 aliphatic heterocycles. The Morgan fingerprint density at radius 3 is 2.35 bits per heavy atom. The Hall–Kier alpha value is -2.20. The van der Waals surface area contributed by atoms with E-state index in [9.17, 15) is 18.0 Å². The highest BCUT2D eigenvalue weighted by Gasteiger charge is 2.34. The Kier molecular flexibility index (Phi) is 8.81. The smallest absolute Gasteiger partial charge is 0.338 e. The molecule has 0 saturated carbocycles. The summed E-state index contributed by atoms with van der Waals surface area (Å²) in [6, 6.07) is 3.84. The number of nitrogens with zero attached hydrogens (tertiary/aromatic N) is 2. The van der Waals surface area contributed by atoms with E-state index >= 15 is 0 Å². The van der Waals surface area contributed by atoms with Gasteiger partial charge >= 0.3 is 5.97 Å². The quantitative estimate of drug-likeness (QED) is 0.406. The second-order valence-corrected chi connectivity index (χ2v) is 9.49. The van der Waals surface area contributed by atoms with Crippen LogP contribution < -0.4 is 0 Å². The highest BCUT2D eigenvalue weighted by molar-refractivity contribution is 7.89. The summed E-state index contributed by atoms with van der Waals surface area (Å²) in [4.78, 5) is 25.9. The van der Waals surface area contributed by atoms with Crippen LogP contribution in [-0.2, 0) is 24.3 Å². The van der Waals surface area contributed by atoms with Gasteiger partial charge in [0.2, 0.25) is 10.0 Å². The predicted octanol–water partition coefficient (Wildman–Crippen LogP) is 2.50. The lowest BCUT2D eigenvalue weighted by Crippen LogP contribution is -2.48. The van der Waals surface area contributed by atoms with Crippen molar-refractivity contribution in [3.63, 3.8) is 0 Å². The van der Waals surface area contributed by atoms with Crippen LogP contribution in [0.15, 0.2) is 48.4 Å². The average Bonchev–Trinajstić information content (AvgIpc) is 2.71. The highest BCUT2D eigenvalue weighted by atomic mass is 35.5. The molecule has 0 aliphatic carbocycles. The molecule has 0 aromatic heterocycles. The zero-order valence-corrected chi connectivity index (χ0v) is 19.2. The Morgan fingerprint density at radius 2 is 1.81 bits per heavy atom. The number of halogens is 1. The van der Waals surface area contributed by atoms with Crippen LogP contribution in [0.25, 0.3) is 0 Å². The maximum atomic E-state index is 13.1. The van der Waals surface area contributed by atoms with Crippen molar-refractivity contribution in [1.82, 2.24) is 9.21 Å². The number of hydrogen-bond donors (Lipinski definition) is 0. The van der Waals surface area contributed by atoms with E-state index in [2.05, 4.69) is 13.2 Å². The number of ether oxygens (including phenoxy) is 2. The van der Waals surface area contributed by atoms with Gasteiger partial charge in [0.25, 0.3) is 5.91 Å². The molecule has 2 rings (SSSR count). The number of benzene rings is 1. The summed E-state index contributed by atoms with van der Waals surface area (Å²) in [5, 5.41) is -0.0115. The van der Waals surface area contributed by atoms with Crippen molar-refractivity contribution >= 4 is 33.5 Å². The van der Waals surface area contributed by atoms with Crippen molar-refractivity contribution in [2.45, 2.75) is 31.0 Å². The molecule has 8 nitrogen and oxygen atoms in total. The number of morpholine rings is 1. The molecular weight excluding hydrogens is 444 g/mol. The minimum Gasteiger partial charge on any atom is -0.452 e. The number of sulfonamides is 1. The third-order valence-electron chi connectivity index (χ3n) is 4.55. The van der Waals surface area contributed by atoms with Crippen molar-refractivity contribution in [2.24, 2.45) is 0 Å². The van der Waals surface area contributed by atoms with Crippen molar-refractivity contribution in [3.8, 4) is 0 Å². The molecule has 0 bridgehead atoms. The standard InChI is InChI=1S/C21H27ClN2O6S/c1-5-9-23(10-6-2)20(25)14-29-21(26)17-7-8-18(22)19(11-17)31(27,28)24-12-15(3)30-16(4)13-24/h5-8,11,15-16H,1-2,9-10,12-14H2,3-4H3. The summed E-state index contributed by atoms with van der Waals surface area (Å²) in [7, 11) is -3.96. The first-order chi connectivity index (χ1) is 14.6. The van der Waals surface area contributed by atoms with Crippen LogP contribution in [0.2, 0.25) is 5.02 Å². The van der Waals surface area contributed by atoms with E-state index in [0.717, 1.165) is 0 Å². The van der Waals surface area contributed by atoms with E-state index in [1.165, 1.54) is 27.4 Å². The Morgan fingerprint density at radius 1 is 1.23 bits per heavy atom. The first-order valence-electron chi connectivity index (χ1n) is 9.72. The minimum absolute atomic E-state index is 0.0115. The summed E-state index contributed by atoms with van der Waals surface area (Å²) in [5.74, 6) is -1.26. The number of carbonyl (C=O) groups excluding carboxylic acids is 2. The summed E-state index contributed by atoms with van der Waals surface area (Å²) in [6.07, 6.45) is 2.55. The summed E-state index contributed by atoms with van der Waals surface area (Å²) in [6.45, 7) is 11.1. The lowest BCUT2D eigenvalue weighted by Gasteiger charge is -2.34. The van der Waals surface area contributed by atoms with Gasteiger partial charge in [-0.15, -0.1) is 13.2 Å². The summed E-state index contributed by atoms with van der Waals surface area (Å²) >= 11 is 6.15. The van der Waals surface area contributed by atoms with Crippen molar-refractivity contribution < 1.29 is 27.5 Å². The molecule has 1 aliphatic rings. The first-order valence-corrected chi connectivity index (χ1v) is 11.5. The monoisotopic (exact) mass is 470 g/mol. The van der Waals surface area contributed by atoms with Crippen molar-refractivity contribution in [2.75, 3.05) is 32.8 Å². The molecule has 0 N–H and O–H groups in total. The molecule has 31 heavy (non-hydrogen) atoms. The fourth-order valence-corrected chi connectivity index (χ4v) is 5.28. The van der Waals surface area contributed by atoms with Gasteiger partial charge in [0, 0.05) is 26.2 Å². The molecule has 1 saturated heterocycles. The van der Waals surface area contributed by atoms with Gasteiger partial charge in [-0.1, -0.05) is 23.8 Å². The van der Waals surface area contributed by atoms with E-state index in [0.29, 0.717) is 0 Å². The molecule has 1 aromatic rings. The lowest BCUT2D eigenvalue weighted by molar-refractivity contribution is -0.133. The van der Waals surface area contributed by atoms with E-state index in [1.54, 1.807) is 26.0 Å². The van der Waals surface area contributed by atoms with Crippen molar-refractivity contribution in [1.29, 1.82) is 0 Å². The maximum Gasteiger partial charge on any atom is 0.338 e. The van der Waals surface area contributed by atoms with Gasteiger partial charge in [0.1, 0.15) is 4.90 Å². The van der Waals surface area contributed by atoms with Crippen LogP contribution in [-0.4, -0.2) is 74.5 Å². The molecule has 10 heteroatoms. The van der Waals surface area contributed by atoms with Crippen LogP contribution in [0.1, 0.15) is 24.2 Å². The zero-order chi connectivity index (χ0) is 23.2. The third-order valence-corrected chi connectivity index (χ3v) is 6.86. The molecule has 1 aromatic carbocycles. The largest absolute Gasteiger partial charge is 0.452 e. The molecule has 0 radical (unpaired) electrons. The maximum absolute atomic E-state index is 13.1. The molecule has 0 spiro atoms. The Balaban J connectivity index is 2.18. The minimum atomic E-state index is -3.96. The fourth-order valence-electron chi connectivity index (χ4n) is 3.19. The third kappa shape index (κ3) is 6.39. The number of amides is 1. The summed E-state index contributed by atoms with van der Waals surface area (Å²) < 4.78 is 38.2. The molecule has 1 fully saturated rings. The van der Waals surface area contributed by atoms with Crippen molar-refractivity contribution in [3.05, 3.63) is 54.1 Å². The van der Waals surface area contributed by atoms with Gasteiger partial charge in [-0.25, -0.2) is 13.2 Å². The zero-order valence-electron chi connectivity index (χ0n) is 17.6. The van der Waals surface area contributed by atoms with E-state index < -0.39 is 28.5 Å². The Labute approximate surface area is 188 Å². The van der Waals surface area contributed by atoms with Crippen LogP contribution in [0.3, 0.4) is 0 Å². The number of rotatable bonds is 9. The van der Waals surface area contributed by atoms with Gasteiger partial charge < -0.3 is 14.4 Å². The van der Waals surface area contributed by atoms with Gasteiger partial charge in [-0.2, -0.15) is 4.31 Å². The summed E-state index contributed by atoms with van der Waals surface area (Å²) in [5.41, 5.74) is -0.0240.